The third-order valence-electron chi connectivity index (χ3n) is 5.99. The molecule has 0 radical (unpaired) electrons. The van der Waals surface area contributed by atoms with Gasteiger partial charge >= 0.3 is 0 Å². The van der Waals surface area contributed by atoms with E-state index in [4.69, 9.17) is 5.10 Å². The molecule has 30 heavy (non-hydrogen) atoms. The van der Waals surface area contributed by atoms with Gasteiger partial charge in [-0.05, 0) is 30.0 Å². The third-order valence-corrected chi connectivity index (χ3v) is 5.99. The van der Waals surface area contributed by atoms with Crippen molar-refractivity contribution < 1.29 is 0 Å². The normalized spacial score (nSPS) is 19.5. The fourth-order valence-electron chi connectivity index (χ4n) is 4.36. The van der Waals surface area contributed by atoms with Crippen LogP contribution in [-0.2, 0) is 6.54 Å². The highest BCUT2D eigenvalue weighted by Gasteiger charge is 2.33. The number of rotatable bonds is 4. The van der Waals surface area contributed by atoms with E-state index in [9.17, 15) is 4.79 Å². The Hall–Kier alpha value is -3.32. The number of nitrogens with one attached hydrogen (secondary N) is 1. The molecule has 0 amide bonds. The lowest BCUT2D eigenvalue weighted by molar-refractivity contribution is 0.318. The zero-order valence-corrected chi connectivity index (χ0v) is 17.1. The number of H-pyrrole nitrogens is 1. The summed E-state index contributed by atoms with van der Waals surface area (Å²) in [6.07, 6.45) is 5.10. The maximum Gasteiger partial charge on any atom is 0.276 e. The Balaban J connectivity index is 1.50. The Bertz CT molecular complexity index is 1250. The minimum absolute atomic E-state index is 0.158. The average molecular weight is 400 g/mol. The lowest BCUT2D eigenvalue weighted by Gasteiger charge is -2.16. The first-order valence-corrected chi connectivity index (χ1v) is 10.3. The predicted octanol–water partition coefficient (Wildman–Crippen LogP) is 3.02. The quantitative estimate of drug-likeness (QED) is 0.570. The first-order chi connectivity index (χ1) is 14.6. The molecule has 7 nitrogen and oxygen atoms in total. The Labute approximate surface area is 174 Å². The van der Waals surface area contributed by atoms with E-state index < -0.39 is 0 Å². The van der Waals surface area contributed by atoms with E-state index in [2.05, 4.69) is 51.0 Å². The van der Waals surface area contributed by atoms with Crippen LogP contribution in [0.2, 0.25) is 0 Å². The van der Waals surface area contributed by atoms with Gasteiger partial charge in [0.05, 0.1) is 6.20 Å². The minimum atomic E-state index is -0.158. The second-order valence-electron chi connectivity index (χ2n) is 8.17. The predicted molar refractivity (Wildman–Crippen MR) is 115 cm³/mol. The van der Waals surface area contributed by atoms with Crippen molar-refractivity contribution in [1.29, 1.82) is 0 Å². The number of nitrogens with zero attached hydrogens (tertiary/aromatic N) is 5. The summed E-state index contributed by atoms with van der Waals surface area (Å²) < 4.78 is 1.67. The topological polar surface area (TPSA) is 79.2 Å². The molecule has 0 spiro atoms. The van der Waals surface area contributed by atoms with Crippen LogP contribution >= 0.6 is 0 Å². The monoisotopic (exact) mass is 400 g/mol. The number of likely N-dealkylation sites (tertiary alicyclic amines) is 1. The molecule has 0 bridgehead atoms. The molecule has 1 saturated heterocycles. The summed E-state index contributed by atoms with van der Waals surface area (Å²) in [7, 11) is 0. The number of benzene rings is 1. The summed E-state index contributed by atoms with van der Waals surface area (Å²) in [5.41, 5.74) is 3.51. The highest BCUT2D eigenvalue weighted by molar-refractivity contribution is 5.63. The Morgan fingerprint density at radius 3 is 2.77 bits per heavy atom. The zero-order chi connectivity index (χ0) is 20.7. The lowest BCUT2D eigenvalue weighted by Crippen LogP contribution is -2.23. The molecule has 0 aliphatic carbocycles. The summed E-state index contributed by atoms with van der Waals surface area (Å²) in [6, 6.07) is 12.4. The van der Waals surface area contributed by atoms with Crippen molar-refractivity contribution in [2.75, 3.05) is 13.1 Å². The van der Waals surface area contributed by atoms with Crippen LogP contribution < -0.4 is 5.56 Å². The first-order valence-electron chi connectivity index (χ1n) is 10.3. The van der Waals surface area contributed by atoms with Crippen molar-refractivity contribution in [3.05, 3.63) is 82.3 Å². The standard InChI is InChI=1S/C23H24N6O/c1-15-8-9-24-10-18(15)22-25-11-20-23(30)26-21(27-29(20)22)19-14-28(12-16(19)2)13-17-6-4-3-5-7-17/h3-11,16,19H,12-14H2,1-2H3,(H,26,27,30). The van der Waals surface area contributed by atoms with Gasteiger partial charge < -0.3 is 4.98 Å². The zero-order valence-electron chi connectivity index (χ0n) is 17.1. The van der Waals surface area contributed by atoms with Crippen LogP contribution in [0.1, 0.15) is 29.8 Å². The van der Waals surface area contributed by atoms with E-state index >= 15 is 0 Å². The van der Waals surface area contributed by atoms with E-state index in [0.717, 1.165) is 36.6 Å². The third kappa shape index (κ3) is 3.31. The van der Waals surface area contributed by atoms with Gasteiger partial charge in [0.15, 0.2) is 11.3 Å². The van der Waals surface area contributed by atoms with Crippen molar-refractivity contribution in [3.8, 4) is 11.4 Å². The van der Waals surface area contributed by atoms with E-state index in [1.807, 2.05) is 19.1 Å². The van der Waals surface area contributed by atoms with Gasteiger partial charge in [0.25, 0.3) is 5.56 Å². The second-order valence-corrected chi connectivity index (χ2v) is 8.17. The van der Waals surface area contributed by atoms with Crippen molar-refractivity contribution in [3.63, 3.8) is 0 Å². The largest absolute Gasteiger partial charge is 0.307 e. The van der Waals surface area contributed by atoms with Crippen molar-refractivity contribution in [2.24, 2.45) is 5.92 Å². The van der Waals surface area contributed by atoms with Crippen LogP contribution in [0.25, 0.3) is 16.9 Å². The molecule has 1 N–H and O–H groups in total. The van der Waals surface area contributed by atoms with Crippen LogP contribution in [0, 0.1) is 12.8 Å². The number of fused-ring (bicyclic) bond motifs is 1. The van der Waals surface area contributed by atoms with Crippen molar-refractivity contribution >= 4 is 5.52 Å². The van der Waals surface area contributed by atoms with Gasteiger partial charge in [0.1, 0.15) is 5.82 Å². The number of imidazole rings is 1. The molecule has 1 aliphatic heterocycles. The van der Waals surface area contributed by atoms with Crippen LogP contribution in [0.3, 0.4) is 0 Å². The summed E-state index contributed by atoms with van der Waals surface area (Å²) in [4.78, 5) is 26.9. The fraction of sp³-hybridized carbons (Fsp3) is 0.304. The average Bonchev–Trinajstić information content (AvgIpc) is 3.33. The first kappa shape index (κ1) is 18.7. The smallest absolute Gasteiger partial charge is 0.276 e. The Morgan fingerprint density at radius 2 is 1.97 bits per heavy atom. The Kier molecular flexibility index (Phi) is 4.67. The van der Waals surface area contributed by atoms with Gasteiger partial charge in [0, 0.05) is 43.5 Å². The number of aromatic amines is 1. The van der Waals surface area contributed by atoms with E-state index in [1.165, 1.54) is 5.56 Å². The molecule has 1 aliphatic rings. The molecule has 4 heterocycles. The van der Waals surface area contributed by atoms with Crippen LogP contribution in [0.4, 0.5) is 0 Å². The summed E-state index contributed by atoms with van der Waals surface area (Å²) in [5.74, 6) is 1.92. The molecule has 2 atom stereocenters. The number of aryl methyl sites for hydroxylation is 1. The molecule has 7 heteroatoms. The number of aromatic nitrogens is 5. The van der Waals surface area contributed by atoms with Crippen LogP contribution in [0.5, 0.6) is 0 Å². The maximum atomic E-state index is 12.8. The van der Waals surface area contributed by atoms with Gasteiger partial charge in [-0.3, -0.25) is 14.7 Å². The van der Waals surface area contributed by atoms with Gasteiger partial charge in [-0.1, -0.05) is 37.3 Å². The summed E-state index contributed by atoms with van der Waals surface area (Å²) >= 11 is 0. The summed E-state index contributed by atoms with van der Waals surface area (Å²) in [5, 5.41) is 4.83. The molecule has 2 unspecified atom stereocenters. The minimum Gasteiger partial charge on any atom is -0.307 e. The molecule has 5 rings (SSSR count). The van der Waals surface area contributed by atoms with Gasteiger partial charge in [-0.15, -0.1) is 0 Å². The summed E-state index contributed by atoms with van der Waals surface area (Å²) in [6.45, 7) is 6.96. The SMILES string of the molecule is Cc1ccncc1-c1ncc2c(=O)[nH]c(C3CN(Cc4ccccc4)CC3C)nn12. The molecular weight excluding hydrogens is 376 g/mol. The Morgan fingerprint density at radius 1 is 1.13 bits per heavy atom. The molecule has 0 saturated carbocycles. The number of hydrogen-bond donors (Lipinski definition) is 1. The van der Waals surface area contributed by atoms with Gasteiger partial charge in [-0.2, -0.15) is 5.10 Å². The van der Waals surface area contributed by atoms with Crippen LogP contribution in [-0.4, -0.2) is 42.6 Å². The van der Waals surface area contributed by atoms with Crippen molar-refractivity contribution in [2.45, 2.75) is 26.3 Å². The molecule has 152 valence electrons. The fourth-order valence-corrected chi connectivity index (χ4v) is 4.36. The van der Waals surface area contributed by atoms with Crippen LogP contribution in [0.15, 0.2) is 59.8 Å². The highest BCUT2D eigenvalue weighted by Crippen LogP contribution is 2.31. The molecule has 1 fully saturated rings. The molecular formula is C23H24N6O. The number of hydrogen-bond acceptors (Lipinski definition) is 5. The highest BCUT2D eigenvalue weighted by atomic mass is 16.1. The van der Waals surface area contributed by atoms with E-state index in [-0.39, 0.29) is 11.5 Å². The molecule has 4 aromatic rings. The van der Waals surface area contributed by atoms with Gasteiger partial charge in [0.2, 0.25) is 0 Å². The van der Waals surface area contributed by atoms with E-state index in [0.29, 0.717) is 17.3 Å². The number of pyridine rings is 1. The lowest BCUT2D eigenvalue weighted by atomic mass is 9.97. The van der Waals surface area contributed by atoms with E-state index in [1.54, 1.807) is 23.1 Å². The van der Waals surface area contributed by atoms with Gasteiger partial charge in [-0.25, -0.2) is 9.50 Å². The molecule has 3 aromatic heterocycles. The van der Waals surface area contributed by atoms with Crippen molar-refractivity contribution in [1.82, 2.24) is 29.5 Å². The second kappa shape index (κ2) is 7.50. The molecule has 1 aromatic carbocycles. The maximum absolute atomic E-state index is 12.8.